The molecule has 1 aromatic carbocycles. The van der Waals surface area contributed by atoms with E-state index in [0.29, 0.717) is 12.0 Å². The maximum absolute atomic E-state index is 4.54. The number of nitrogens with one attached hydrogen (secondary N) is 2. The first-order valence-electron chi connectivity index (χ1n) is 7.79. The molecule has 0 amide bonds. The highest BCUT2D eigenvalue weighted by Gasteiger charge is 2.15. The highest BCUT2D eigenvalue weighted by atomic mass is 15.1. The number of aryl methyl sites for hydroxylation is 1. The Morgan fingerprint density at radius 2 is 1.86 bits per heavy atom. The van der Waals surface area contributed by atoms with Gasteiger partial charge in [0, 0.05) is 17.9 Å². The van der Waals surface area contributed by atoms with Crippen molar-refractivity contribution in [1.29, 1.82) is 0 Å². The fourth-order valence-electron chi connectivity index (χ4n) is 2.73. The Hall–Kier alpha value is -2.10. The first kappa shape index (κ1) is 13.9. The summed E-state index contributed by atoms with van der Waals surface area (Å²) < 4.78 is 0. The predicted molar refractivity (Wildman–Crippen MR) is 87.0 cm³/mol. The second kappa shape index (κ2) is 6.57. The molecule has 1 fully saturated rings. The van der Waals surface area contributed by atoms with Crippen molar-refractivity contribution < 1.29 is 0 Å². The molecule has 0 unspecified atom stereocenters. The van der Waals surface area contributed by atoms with Crippen molar-refractivity contribution in [3.05, 3.63) is 42.1 Å². The maximum atomic E-state index is 4.54. The van der Waals surface area contributed by atoms with Gasteiger partial charge in [0.2, 0.25) is 5.95 Å². The molecular weight excluding hydrogens is 260 g/mol. The van der Waals surface area contributed by atoms with E-state index in [1.807, 2.05) is 6.07 Å². The molecule has 110 valence electrons. The number of anilines is 3. The average Bonchev–Trinajstić information content (AvgIpc) is 3.01. The molecule has 4 nitrogen and oxygen atoms in total. The quantitative estimate of drug-likeness (QED) is 0.865. The molecule has 0 saturated heterocycles. The lowest BCUT2D eigenvalue weighted by Gasteiger charge is -2.13. The molecular formula is C17H22N4. The number of hydrogen-bond donors (Lipinski definition) is 2. The summed E-state index contributed by atoms with van der Waals surface area (Å²) in [5.41, 5.74) is 2.35. The van der Waals surface area contributed by atoms with Gasteiger partial charge in [0.05, 0.1) is 0 Å². The molecule has 1 aliphatic carbocycles. The van der Waals surface area contributed by atoms with Crippen LogP contribution in [0.25, 0.3) is 0 Å². The molecule has 2 N–H and O–H groups in total. The minimum Gasteiger partial charge on any atom is -0.367 e. The van der Waals surface area contributed by atoms with Crippen molar-refractivity contribution in [2.45, 2.75) is 45.1 Å². The third-order valence-corrected chi connectivity index (χ3v) is 3.98. The van der Waals surface area contributed by atoms with Crippen LogP contribution in [-0.4, -0.2) is 16.0 Å². The molecule has 0 atom stereocenters. The predicted octanol–water partition coefficient (Wildman–Crippen LogP) is 4.14. The molecule has 1 aliphatic rings. The number of rotatable bonds is 5. The van der Waals surface area contributed by atoms with E-state index >= 15 is 0 Å². The van der Waals surface area contributed by atoms with Gasteiger partial charge in [0.25, 0.3) is 0 Å². The first-order valence-corrected chi connectivity index (χ1v) is 7.79. The monoisotopic (exact) mass is 282 g/mol. The summed E-state index contributed by atoms with van der Waals surface area (Å²) >= 11 is 0. The zero-order valence-corrected chi connectivity index (χ0v) is 12.5. The van der Waals surface area contributed by atoms with Crippen LogP contribution >= 0.6 is 0 Å². The number of hydrogen-bond acceptors (Lipinski definition) is 4. The van der Waals surface area contributed by atoms with Crippen LogP contribution in [0, 0.1) is 0 Å². The van der Waals surface area contributed by atoms with Crippen LogP contribution in [-0.2, 0) is 6.42 Å². The molecule has 21 heavy (non-hydrogen) atoms. The van der Waals surface area contributed by atoms with Crippen LogP contribution in [0.5, 0.6) is 0 Å². The van der Waals surface area contributed by atoms with Gasteiger partial charge < -0.3 is 10.6 Å². The molecule has 4 heteroatoms. The first-order chi connectivity index (χ1) is 10.3. The second-order valence-corrected chi connectivity index (χ2v) is 5.57. The number of aromatic nitrogens is 2. The highest BCUT2D eigenvalue weighted by Crippen LogP contribution is 2.22. The number of nitrogens with zero attached hydrogens (tertiary/aromatic N) is 2. The van der Waals surface area contributed by atoms with Crippen molar-refractivity contribution in [2.24, 2.45) is 0 Å². The molecule has 1 aromatic heterocycles. The van der Waals surface area contributed by atoms with Gasteiger partial charge in [-0.1, -0.05) is 31.9 Å². The summed E-state index contributed by atoms with van der Waals surface area (Å²) in [4.78, 5) is 8.83. The van der Waals surface area contributed by atoms with E-state index < -0.39 is 0 Å². The molecule has 2 aromatic rings. The Morgan fingerprint density at radius 3 is 2.57 bits per heavy atom. The summed E-state index contributed by atoms with van der Waals surface area (Å²) in [6, 6.07) is 10.9. The molecule has 0 aliphatic heterocycles. The standard InChI is InChI=1S/C17H22N4/c1-2-13-7-9-15(10-8-13)20-17-18-12-11-16(21-17)19-14-5-3-4-6-14/h7-12,14H,2-6H2,1H3,(H2,18,19,20,21). The molecule has 3 rings (SSSR count). The van der Waals surface area contributed by atoms with Crippen molar-refractivity contribution in [3.8, 4) is 0 Å². The van der Waals surface area contributed by atoms with Gasteiger partial charge in [-0.15, -0.1) is 0 Å². The van der Waals surface area contributed by atoms with Gasteiger partial charge in [-0.25, -0.2) is 4.98 Å². The van der Waals surface area contributed by atoms with Gasteiger partial charge in [-0.3, -0.25) is 0 Å². The summed E-state index contributed by atoms with van der Waals surface area (Å²) in [6.45, 7) is 2.16. The summed E-state index contributed by atoms with van der Waals surface area (Å²) in [5.74, 6) is 1.55. The van der Waals surface area contributed by atoms with Crippen molar-refractivity contribution in [1.82, 2.24) is 9.97 Å². The average molecular weight is 282 g/mol. The van der Waals surface area contributed by atoms with Gasteiger partial charge in [0.15, 0.2) is 0 Å². The summed E-state index contributed by atoms with van der Waals surface area (Å²) in [6.07, 6.45) is 7.97. The zero-order valence-electron chi connectivity index (χ0n) is 12.5. The molecule has 0 radical (unpaired) electrons. The Bertz CT molecular complexity index is 574. The van der Waals surface area contributed by atoms with E-state index in [1.54, 1.807) is 6.20 Å². The van der Waals surface area contributed by atoms with Gasteiger partial charge in [-0.05, 0) is 43.0 Å². The van der Waals surface area contributed by atoms with Crippen LogP contribution in [0.2, 0.25) is 0 Å². The third kappa shape index (κ3) is 3.72. The van der Waals surface area contributed by atoms with Crippen molar-refractivity contribution in [3.63, 3.8) is 0 Å². The molecule has 1 saturated carbocycles. The topological polar surface area (TPSA) is 49.8 Å². The lowest BCUT2D eigenvalue weighted by Crippen LogP contribution is -2.15. The number of benzene rings is 1. The van der Waals surface area contributed by atoms with Crippen LogP contribution in [0.3, 0.4) is 0 Å². The van der Waals surface area contributed by atoms with E-state index in [9.17, 15) is 0 Å². The Morgan fingerprint density at radius 1 is 1.10 bits per heavy atom. The van der Waals surface area contributed by atoms with Gasteiger partial charge >= 0.3 is 0 Å². The highest BCUT2D eigenvalue weighted by molar-refractivity contribution is 5.55. The van der Waals surface area contributed by atoms with Gasteiger partial charge in [0.1, 0.15) is 5.82 Å². The normalized spacial score (nSPS) is 15.1. The van der Waals surface area contributed by atoms with E-state index in [0.717, 1.165) is 17.9 Å². The summed E-state index contributed by atoms with van der Waals surface area (Å²) in [7, 11) is 0. The molecule has 0 bridgehead atoms. The largest absolute Gasteiger partial charge is 0.367 e. The zero-order chi connectivity index (χ0) is 14.5. The van der Waals surface area contributed by atoms with Crippen LogP contribution in [0.4, 0.5) is 17.5 Å². The SMILES string of the molecule is CCc1ccc(Nc2nccc(NC3CCCC3)n2)cc1. The van der Waals surface area contributed by atoms with E-state index in [2.05, 4.69) is 51.8 Å². The third-order valence-electron chi connectivity index (χ3n) is 3.98. The van der Waals surface area contributed by atoms with E-state index in [1.165, 1.54) is 31.2 Å². The van der Waals surface area contributed by atoms with Gasteiger partial charge in [-0.2, -0.15) is 4.98 Å². The Kier molecular flexibility index (Phi) is 4.34. The maximum Gasteiger partial charge on any atom is 0.229 e. The fraction of sp³-hybridized carbons (Fsp3) is 0.412. The lowest BCUT2D eigenvalue weighted by atomic mass is 10.1. The lowest BCUT2D eigenvalue weighted by molar-refractivity contribution is 0.750. The Balaban J connectivity index is 1.66. The Labute approximate surface area is 126 Å². The minimum atomic E-state index is 0.566. The second-order valence-electron chi connectivity index (χ2n) is 5.57. The van der Waals surface area contributed by atoms with Crippen LogP contribution in [0.15, 0.2) is 36.5 Å². The van der Waals surface area contributed by atoms with Crippen LogP contribution in [0.1, 0.15) is 38.2 Å². The van der Waals surface area contributed by atoms with Crippen molar-refractivity contribution in [2.75, 3.05) is 10.6 Å². The smallest absolute Gasteiger partial charge is 0.229 e. The van der Waals surface area contributed by atoms with E-state index in [4.69, 9.17) is 0 Å². The summed E-state index contributed by atoms with van der Waals surface area (Å²) in [5, 5.41) is 6.75. The van der Waals surface area contributed by atoms with Crippen molar-refractivity contribution >= 4 is 17.5 Å². The van der Waals surface area contributed by atoms with Crippen LogP contribution < -0.4 is 10.6 Å². The van der Waals surface area contributed by atoms with E-state index in [-0.39, 0.29) is 0 Å². The molecule has 0 spiro atoms. The minimum absolute atomic E-state index is 0.566. The fourth-order valence-corrected chi connectivity index (χ4v) is 2.73. The molecule has 1 heterocycles.